The minimum absolute atomic E-state index is 0.278. The van der Waals surface area contributed by atoms with Gasteiger partial charge in [-0.2, -0.15) is 22.5 Å². The number of anilines is 1. The van der Waals surface area contributed by atoms with Crippen LogP contribution in [0.2, 0.25) is 0 Å². The molecule has 3 rings (SSSR count). The molecule has 0 aliphatic carbocycles. The molecule has 1 aromatic carbocycles. The number of nitrogens with one attached hydrogen (secondary N) is 2. The summed E-state index contributed by atoms with van der Waals surface area (Å²) < 4.78 is 30.4. The first-order valence-corrected chi connectivity index (χ1v) is 10.4. The average molecular weight is 407 g/mol. The summed E-state index contributed by atoms with van der Waals surface area (Å²) >= 11 is 0. The van der Waals surface area contributed by atoms with E-state index in [2.05, 4.69) is 15.1 Å². The number of carbonyl (C=O) groups is 1. The molecule has 28 heavy (non-hydrogen) atoms. The molecule has 0 saturated carbocycles. The number of hydrogen-bond donors (Lipinski definition) is 3. The maximum absolute atomic E-state index is 12.8. The van der Waals surface area contributed by atoms with Crippen molar-refractivity contribution in [3.05, 3.63) is 47.3 Å². The molecule has 0 spiro atoms. The highest BCUT2D eigenvalue weighted by Crippen LogP contribution is 2.30. The van der Waals surface area contributed by atoms with Crippen LogP contribution in [0.15, 0.2) is 30.5 Å². The van der Waals surface area contributed by atoms with Crippen LogP contribution in [0, 0.1) is 6.92 Å². The van der Waals surface area contributed by atoms with Crippen LogP contribution in [0.25, 0.3) is 0 Å². The molecule has 1 amide bonds. The summed E-state index contributed by atoms with van der Waals surface area (Å²) in [6, 6.07) is 5.38. The summed E-state index contributed by atoms with van der Waals surface area (Å²) in [6.45, 7) is 3.46. The van der Waals surface area contributed by atoms with Crippen LogP contribution in [0.1, 0.15) is 42.3 Å². The number of aromatic nitrogens is 2. The number of hydrogen-bond acceptors (Lipinski definition) is 5. The number of nitrogens with zero attached hydrogens (tertiary/aromatic N) is 3. The lowest BCUT2D eigenvalue weighted by Crippen LogP contribution is -2.56. The van der Waals surface area contributed by atoms with Gasteiger partial charge in [-0.3, -0.25) is 9.48 Å². The standard InChI is InChI=1S/C18H25N5O4S/c1-11-15(10-22(3)20-11)16-9-17(23(4)28(26,27)21-16)18(25)19-14-7-5-13(6-8-14)12(2)24/h5-8,10,12,16-17,21,24H,9H2,1-4H3,(H,19,25). The molecule has 10 heteroatoms. The number of benzene rings is 1. The summed E-state index contributed by atoms with van der Waals surface area (Å²) in [5.41, 5.74) is 2.73. The van der Waals surface area contributed by atoms with Crippen LogP contribution in [0.5, 0.6) is 0 Å². The Labute approximate surface area is 164 Å². The number of aliphatic hydroxyl groups is 1. The average Bonchev–Trinajstić information content (AvgIpc) is 2.95. The topological polar surface area (TPSA) is 117 Å². The predicted molar refractivity (Wildman–Crippen MR) is 105 cm³/mol. The third-order valence-electron chi connectivity index (χ3n) is 4.96. The van der Waals surface area contributed by atoms with E-state index < -0.39 is 34.3 Å². The van der Waals surface area contributed by atoms with E-state index in [1.54, 1.807) is 56.0 Å². The van der Waals surface area contributed by atoms with E-state index in [9.17, 15) is 18.3 Å². The zero-order valence-electron chi connectivity index (χ0n) is 16.2. The van der Waals surface area contributed by atoms with Gasteiger partial charge in [-0.1, -0.05) is 12.1 Å². The summed E-state index contributed by atoms with van der Waals surface area (Å²) in [6.07, 6.45) is 1.44. The highest BCUT2D eigenvalue weighted by molar-refractivity contribution is 7.87. The van der Waals surface area contributed by atoms with E-state index in [4.69, 9.17) is 0 Å². The SMILES string of the molecule is Cc1nn(C)cc1C1CC(C(=O)Nc2ccc(C(C)O)cc2)N(C)S(=O)(=O)N1. The molecular formula is C18H25N5O4S. The fourth-order valence-corrected chi connectivity index (χ4v) is 4.61. The minimum Gasteiger partial charge on any atom is -0.389 e. The zero-order chi connectivity index (χ0) is 20.6. The molecule has 1 aromatic heterocycles. The second-order valence-corrected chi connectivity index (χ2v) is 8.84. The monoisotopic (exact) mass is 407 g/mol. The molecule has 1 aliphatic heterocycles. The molecule has 1 fully saturated rings. The Morgan fingerprint density at radius 2 is 1.96 bits per heavy atom. The van der Waals surface area contributed by atoms with Crippen LogP contribution in [0.4, 0.5) is 5.69 Å². The number of aliphatic hydroxyl groups excluding tert-OH is 1. The van der Waals surface area contributed by atoms with E-state index in [1.807, 2.05) is 0 Å². The Morgan fingerprint density at radius 1 is 1.32 bits per heavy atom. The quantitative estimate of drug-likeness (QED) is 0.699. The Bertz CT molecular complexity index is 968. The summed E-state index contributed by atoms with van der Waals surface area (Å²) in [5.74, 6) is -0.413. The predicted octanol–water partition coefficient (Wildman–Crippen LogP) is 1.00. The maximum atomic E-state index is 12.8. The van der Waals surface area contributed by atoms with Gasteiger partial charge < -0.3 is 10.4 Å². The number of carbonyl (C=O) groups excluding carboxylic acids is 1. The van der Waals surface area contributed by atoms with Crippen molar-refractivity contribution in [2.45, 2.75) is 38.5 Å². The molecule has 3 unspecified atom stereocenters. The second-order valence-electron chi connectivity index (χ2n) is 7.07. The van der Waals surface area contributed by atoms with Gasteiger partial charge in [0, 0.05) is 31.5 Å². The molecule has 3 atom stereocenters. The minimum atomic E-state index is -3.82. The van der Waals surface area contributed by atoms with Crippen molar-refractivity contribution in [2.24, 2.45) is 7.05 Å². The van der Waals surface area contributed by atoms with Gasteiger partial charge in [0.05, 0.1) is 17.8 Å². The lowest BCUT2D eigenvalue weighted by atomic mass is 10.00. The van der Waals surface area contributed by atoms with Gasteiger partial charge in [-0.05, 0) is 38.0 Å². The van der Waals surface area contributed by atoms with Crippen LogP contribution in [-0.4, -0.2) is 46.6 Å². The normalized spacial score (nSPS) is 23.3. The third kappa shape index (κ3) is 4.09. The Balaban J connectivity index is 1.82. The van der Waals surface area contributed by atoms with Crippen molar-refractivity contribution in [3.8, 4) is 0 Å². The van der Waals surface area contributed by atoms with Crippen molar-refractivity contribution in [3.63, 3.8) is 0 Å². The molecule has 2 heterocycles. The lowest BCUT2D eigenvalue weighted by molar-refractivity contribution is -0.120. The summed E-state index contributed by atoms with van der Waals surface area (Å²) in [4.78, 5) is 12.8. The first-order chi connectivity index (χ1) is 13.1. The van der Waals surface area contributed by atoms with Gasteiger partial charge in [0.15, 0.2) is 0 Å². The molecule has 0 radical (unpaired) electrons. The van der Waals surface area contributed by atoms with Crippen molar-refractivity contribution in [1.82, 2.24) is 18.8 Å². The van der Waals surface area contributed by atoms with Gasteiger partial charge in [0.2, 0.25) is 5.91 Å². The van der Waals surface area contributed by atoms with Crippen molar-refractivity contribution in [2.75, 3.05) is 12.4 Å². The molecule has 2 aromatic rings. The van der Waals surface area contributed by atoms with Gasteiger partial charge in [0.25, 0.3) is 10.2 Å². The van der Waals surface area contributed by atoms with Gasteiger partial charge in [-0.15, -0.1) is 0 Å². The largest absolute Gasteiger partial charge is 0.389 e. The molecule has 9 nitrogen and oxygen atoms in total. The van der Waals surface area contributed by atoms with Crippen molar-refractivity contribution in [1.29, 1.82) is 0 Å². The van der Waals surface area contributed by atoms with E-state index in [1.165, 1.54) is 7.05 Å². The highest BCUT2D eigenvalue weighted by atomic mass is 32.2. The Hall–Kier alpha value is -2.27. The van der Waals surface area contributed by atoms with Crippen molar-refractivity contribution < 1.29 is 18.3 Å². The van der Waals surface area contributed by atoms with Crippen LogP contribution in [0.3, 0.4) is 0 Å². The Kier molecular flexibility index (Phi) is 5.57. The maximum Gasteiger partial charge on any atom is 0.280 e. The second kappa shape index (κ2) is 7.63. The fraction of sp³-hybridized carbons (Fsp3) is 0.444. The fourth-order valence-electron chi connectivity index (χ4n) is 3.34. The first-order valence-electron chi connectivity index (χ1n) is 8.93. The third-order valence-corrected chi connectivity index (χ3v) is 6.55. The van der Waals surface area contributed by atoms with Gasteiger partial charge in [-0.25, -0.2) is 0 Å². The smallest absolute Gasteiger partial charge is 0.280 e. The van der Waals surface area contributed by atoms with E-state index in [-0.39, 0.29) is 6.42 Å². The van der Waals surface area contributed by atoms with E-state index >= 15 is 0 Å². The van der Waals surface area contributed by atoms with Crippen LogP contribution < -0.4 is 10.0 Å². The van der Waals surface area contributed by atoms with E-state index in [0.29, 0.717) is 11.4 Å². The van der Waals surface area contributed by atoms with Gasteiger partial charge in [0.1, 0.15) is 6.04 Å². The number of likely N-dealkylation sites (N-methyl/N-ethyl adjacent to an activating group) is 1. The number of aryl methyl sites for hydroxylation is 2. The van der Waals surface area contributed by atoms with Crippen LogP contribution in [-0.2, 0) is 22.1 Å². The molecule has 3 N–H and O–H groups in total. The number of rotatable bonds is 4. The summed E-state index contributed by atoms with van der Waals surface area (Å²) in [7, 11) is -0.669. The molecule has 1 saturated heterocycles. The van der Waals surface area contributed by atoms with E-state index in [0.717, 1.165) is 15.4 Å². The molecule has 0 bridgehead atoms. The molecular weight excluding hydrogens is 382 g/mol. The Morgan fingerprint density at radius 3 is 2.50 bits per heavy atom. The van der Waals surface area contributed by atoms with Gasteiger partial charge >= 0.3 is 0 Å². The first kappa shape index (κ1) is 20.5. The lowest BCUT2D eigenvalue weighted by Gasteiger charge is -2.36. The molecule has 1 aliphatic rings. The zero-order valence-corrected chi connectivity index (χ0v) is 17.1. The van der Waals surface area contributed by atoms with Crippen LogP contribution >= 0.6 is 0 Å². The molecule has 152 valence electrons. The van der Waals surface area contributed by atoms with Crippen molar-refractivity contribution >= 4 is 21.8 Å². The summed E-state index contributed by atoms with van der Waals surface area (Å²) in [5, 5.41) is 16.6. The highest BCUT2D eigenvalue weighted by Gasteiger charge is 2.41. The number of amides is 1.